The monoisotopic (exact) mass is 586 g/mol. The van der Waals surface area contributed by atoms with Gasteiger partial charge in [-0.05, 0) is 47.6 Å². The highest BCUT2D eigenvalue weighted by Gasteiger charge is 2.23. The van der Waals surface area contributed by atoms with Gasteiger partial charge in [-0.15, -0.1) is 5.10 Å². The summed E-state index contributed by atoms with van der Waals surface area (Å²) < 4.78 is 16.5. The number of pyridine rings is 2. The fraction of sp³-hybridized carbons (Fsp3) is 0.323. The lowest BCUT2D eigenvalue weighted by molar-refractivity contribution is 0.351. The molecule has 0 saturated heterocycles. The van der Waals surface area contributed by atoms with E-state index < -0.39 is 18.8 Å². The molecule has 3 aromatic heterocycles. The second-order valence-electron chi connectivity index (χ2n) is 11.7. The number of nitrogens with one attached hydrogen (secondary N) is 2. The van der Waals surface area contributed by atoms with Gasteiger partial charge in [0.2, 0.25) is 0 Å². The number of halogens is 2. The molecule has 5 aromatic rings. The normalized spacial score (nSPS) is 13.2. The summed E-state index contributed by atoms with van der Waals surface area (Å²) in [5.41, 5.74) is 3.42. The Hall–Kier alpha value is -4.49. The van der Waals surface area contributed by atoms with Crippen LogP contribution in [0.3, 0.4) is 0 Å². The van der Waals surface area contributed by atoms with Crippen molar-refractivity contribution in [2.45, 2.75) is 39.8 Å². The largest absolute Gasteiger partial charge is 0.383 e. The third kappa shape index (κ3) is 5.65. The lowest BCUT2D eigenvalue weighted by atomic mass is 9.96. The van der Waals surface area contributed by atoms with Crippen molar-refractivity contribution in [1.82, 2.24) is 24.5 Å². The minimum atomic E-state index is -0.593. The molecule has 216 valence electrons. The number of hydrogen-bond donors (Lipinski definition) is 2. The van der Waals surface area contributed by atoms with Crippen LogP contribution >= 0.6 is 11.6 Å². The number of rotatable bonds is 8. The Kier molecular flexibility index (Phi) is 7.89. The average Bonchev–Trinajstić information content (AvgIpc) is 3.45. The van der Waals surface area contributed by atoms with Crippen LogP contribution in [0.25, 0.3) is 21.7 Å². The van der Waals surface area contributed by atoms with E-state index in [1.54, 1.807) is 38.5 Å². The molecule has 0 aliphatic rings. The van der Waals surface area contributed by atoms with Crippen molar-refractivity contribution >= 4 is 44.7 Å². The van der Waals surface area contributed by atoms with E-state index in [1.807, 2.05) is 24.3 Å². The number of aromatic nitrogens is 5. The van der Waals surface area contributed by atoms with Crippen molar-refractivity contribution in [2.75, 3.05) is 23.9 Å². The van der Waals surface area contributed by atoms with Crippen molar-refractivity contribution in [3.8, 4) is 6.07 Å². The third-order valence-electron chi connectivity index (χ3n) is 7.12. The van der Waals surface area contributed by atoms with Crippen LogP contribution in [-0.4, -0.2) is 37.8 Å². The first-order chi connectivity index (χ1) is 20.0. The lowest BCUT2D eigenvalue weighted by Gasteiger charge is -2.23. The molecule has 5 rings (SSSR count). The molecule has 0 saturated carbocycles. The van der Waals surface area contributed by atoms with Gasteiger partial charge in [0.15, 0.2) is 0 Å². The molecular formula is C31H32ClFN8O. The van der Waals surface area contributed by atoms with Crippen molar-refractivity contribution < 1.29 is 4.39 Å². The second-order valence-corrected chi connectivity index (χ2v) is 12.1. The summed E-state index contributed by atoms with van der Waals surface area (Å²) >= 11 is 6.76. The summed E-state index contributed by atoms with van der Waals surface area (Å²) in [4.78, 5) is 17.4. The van der Waals surface area contributed by atoms with E-state index >= 15 is 0 Å². The van der Waals surface area contributed by atoms with Crippen LogP contribution in [0.1, 0.15) is 56.6 Å². The van der Waals surface area contributed by atoms with Gasteiger partial charge in [0.1, 0.15) is 18.4 Å². The highest BCUT2D eigenvalue weighted by Crippen LogP contribution is 2.37. The van der Waals surface area contributed by atoms with E-state index in [-0.39, 0.29) is 11.0 Å². The fourth-order valence-electron chi connectivity index (χ4n) is 4.81. The maximum atomic E-state index is 13.5. The van der Waals surface area contributed by atoms with Crippen LogP contribution in [0.4, 0.5) is 15.8 Å². The number of alkyl halides is 1. The van der Waals surface area contributed by atoms with Gasteiger partial charge < -0.3 is 15.2 Å². The number of nitriles is 1. The van der Waals surface area contributed by atoms with Crippen molar-refractivity contribution in [1.29, 1.82) is 5.26 Å². The number of anilines is 2. The van der Waals surface area contributed by atoms with Gasteiger partial charge in [0.25, 0.3) is 5.56 Å². The zero-order valence-corrected chi connectivity index (χ0v) is 24.9. The van der Waals surface area contributed by atoms with Gasteiger partial charge in [-0.1, -0.05) is 49.7 Å². The van der Waals surface area contributed by atoms with E-state index in [1.165, 1.54) is 15.4 Å². The smallest absolute Gasteiger partial charge is 0.258 e. The summed E-state index contributed by atoms with van der Waals surface area (Å²) in [6.07, 6.45) is 4.95. The number of fused-ring (bicyclic) bond motifs is 2. The van der Waals surface area contributed by atoms with Gasteiger partial charge in [-0.25, -0.2) is 9.07 Å². The highest BCUT2D eigenvalue weighted by molar-refractivity contribution is 6.35. The van der Waals surface area contributed by atoms with Crippen LogP contribution in [0.2, 0.25) is 5.02 Å². The number of aryl methyl sites for hydroxylation is 1. The van der Waals surface area contributed by atoms with Crippen LogP contribution in [-0.2, 0) is 7.05 Å². The van der Waals surface area contributed by atoms with Crippen molar-refractivity contribution in [3.05, 3.63) is 87.2 Å². The van der Waals surface area contributed by atoms with E-state index in [4.69, 9.17) is 11.6 Å². The molecule has 2 aromatic carbocycles. The molecule has 0 bridgehead atoms. The minimum Gasteiger partial charge on any atom is -0.383 e. The number of nitrogens with zero attached hydrogens (tertiary/aromatic N) is 6. The molecule has 42 heavy (non-hydrogen) atoms. The molecule has 2 unspecified atom stereocenters. The summed E-state index contributed by atoms with van der Waals surface area (Å²) in [7, 11) is 1.71. The predicted molar refractivity (Wildman–Crippen MR) is 165 cm³/mol. The van der Waals surface area contributed by atoms with Crippen LogP contribution in [0.15, 0.2) is 59.8 Å². The molecule has 11 heteroatoms. The Morgan fingerprint density at radius 1 is 1.17 bits per heavy atom. The van der Waals surface area contributed by atoms with Crippen LogP contribution < -0.4 is 16.2 Å². The van der Waals surface area contributed by atoms with Gasteiger partial charge in [0.05, 0.1) is 40.1 Å². The SMILES string of the molecule is CC(CF)n1cc(C(Nc2cc(Cl)c3ncc(C#N)c(NCC(C)(C)C)c3c2)c2cccc3c(=O)n(C)ccc23)nn1. The Bertz CT molecular complexity index is 1890. The van der Waals surface area contributed by atoms with Crippen LogP contribution in [0.5, 0.6) is 0 Å². The Balaban J connectivity index is 1.68. The molecule has 0 radical (unpaired) electrons. The molecule has 0 fully saturated rings. The third-order valence-corrected chi connectivity index (χ3v) is 7.41. The first-order valence-electron chi connectivity index (χ1n) is 13.6. The molecule has 0 aliphatic carbocycles. The first-order valence-corrected chi connectivity index (χ1v) is 14.0. The van der Waals surface area contributed by atoms with Crippen molar-refractivity contribution in [2.24, 2.45) is 12.5 Å². The van der Waals surface area contributed by atoms with Gasteiger partial charge in [0, 0.05) is 42.4 Å². The fourth-order valence-corrected chi connectivity index (χ4v) is 5.08. The summed E-state index contributed by atoms with van der Waals surface area (Å²) in [6, 6.07) is 12.3. The molecule has 2 atom stereocenters. The molecule has 9 nitrogen and oxygen atoms in total. The Labute approximate surface area is 247 Å². The standard InChI is InChI=1S/C31H32ClFN8O/c1-18(13-33)41-16-26(38-39-41)29(22-7-6-8-23-21(22)9-10-40(5)30(23)42)37-20-11-24-27(36-17-31(2,3)4)19(14-34)15-35-28(24)25(32)12-20/h6-12,15-16,18,29,37H,13,17H2,1-5H3,(H,35,36). The zero-order valence-electron chi connectivity index (χ0n) is 24.1. The molecule has 2 N–H and O–H groups in total. The first kappa shape index (κ1) is 29.0. The molecule has 0 spiro atoms. The van der Waals surface area contributed by atoms with Gasteiger partial charge in [-0.3, -0.25) is 9.78 Å². The Morgan fingerprint density at radius 3 is 2.67 bits per heavy atom. The number of hydrogen-bond acceptors (Lipinski definition) is 7. The highest BCUT2D eigenvalue weighted by atomic mass is 35.5. The maximum Gasteiger partial charge on any atom is 0.258 e. The molecule has 0 aliphatic heterocycles. The lowest BCUT2D eigenvalue weighted by Crippen LogP contribution is -2.20. The van der Waals surface area contributed by atoms with Gasteiger partial charge >= 0.3 is 0 Å². The van der Waals surface area contributed by atoms with Crippen LogP contribution in [0, 0.1) is 16.7 Å². The predicted octanol–water partition coefficient (Wildman–Crippen LogP) is 6.39. The second kappa shape index (κ2) is 11.4. The van der Waals surface area contributed by atoms with E-state index in [2.05, 4.69) is 52.8 Å². The Morgan fingerprint density at radius 2 is 1.95 bits per heavy atom. The minimum absolute atomic E-state index is 0.0406. The van der Waals surface area contributed by atoms with Crippen molar-refractivity contribution in [3.63, 3.8) is 0 Å². The molecular weight excluding hydrogens is 555 g/mol. The van der Waals surface area contributed by atoms with E-state index in [9.17, 15) is 14.4 Å². The summed E-state index contributed by atoms with van der Waals surface area (Å²) in [5.74, 6) is 0. The topological polar surface area (TPSA) is 113 Å². The summed E-state index contributed by atoms with van der Waals surface area (Å²) in [5, 5.41) is 27.8. The zero-order chi connectivity index (χ0) is 30.2. The maximum absolute atomic E-state index is 13.5. The summed E-state index contributed by atoms with van der Waals surface area (Å²) in [6.45, 7) is 8.07. The average molecular weight is 587 g/mol. The van der Waals surface area contributed by atoms with Gasteiger partial charge in [-0.2, -0.15) is 5.26 Å². The number of benzene rings is 2. The quantitative estimate of drug-likeness (QED) is 0.216. The van der Waals surface area contributed by atoms with E-state index in [0.29, 0.717) is 50.5 Å². The molecule has 0 amide bonds. The molecule has 3 heterocycles. The van der Waals surface area contributed by atoms with E-state index in [0.717, 1.165) is 10.9 Å².